The monoisotopic (exact) mass is 174 g/mol. The molecule has 0 heterocycles. The third kappa shape index (κ3) is 40.7. The third-order valence-electron chi connectivity index (χ3n) is 0.183. The molecule has 0 atom stereocenters. The molecule has 0 aromatic rings. The zero-order valence-electron chi connectivity index (χ0n) is 5.59. The molecule has 0 aliphatic rings. The largest absolute Gasteiger partial charge is 1.00 e. The van der Waals surface area contributed by atoms with Crippen LogP contribution < -0.4 is 34.6 Å². The molecule has 0 spiro atoms. The van der Waals surface area contributed by atoms with E-state index in [-0.39, 0.29) is 29.6 Å². The molecule has 9 heteroatoms. The molecule has 0 aromatic carbocycles. The Labute approximate surface area is 83.7 Å². The second-order valence-corrected chi connectivity index (χ2v) is 0.937. The van der Waals surface area contributed by atoms with Gasteiger partial charge in [-0.15, -0.1) is 0 Å². The van der Waals surface area contributed by atoms with Crippen molar-refractivity contribution < 1.29 is 64.4 Å². The summed E-state index contributed by atoms with van der Waals surface area (Å²) in [6.45, 7) is 0. The second kappa shape index (κ2) is 9.88. The minimum Gasteiger partial charge on any atom is -0.832 e. The maximum Gasteiger partial charge on any atom is 1.00 e. The van der Waals surface area contributed by atoms with Crippen LogP contribution in [0, 0.1) is 0 Å². The number of hydrogen-bond donors (Lipinski definition) is 4. The van der Waals surface area contributed by atoms with Crippen LogP contribution in [0.5, 0.6) is 0 Å². The summed E-state index contributed by atoms with van der Waals surface area (Å²) in [5, 5.41) is 37.5. The smallest absolute Gasteiger partial charge is 0.832 e. The van der Waals surface area contributed by atoms with E-state index in [0.29, 0.717) is 0 Å². The minimum absolute atomic E-state index is 0. The summed E-state index contributed by atoms with van der Waals surface area (Å²) in [7, 11) is -2.42. The molecule has 7 nitrogen and oxygen atoms in total. The van der Waals surface area contributed by atoms with Gasteiger partial charge in [-0.3, -0.25) is 0 Å². The Morgan fingerprint density at radius 3 is 1.18 bits per heavy atom. The van der Waals surface area contributed by atoms with Gasteiger partial charge in [0.05, 0.1) is 0 Å². The predicted molar refractivity (Wildman–Crippen MR) is 25.5 cm³/mol. The average Bonchev–Trinajstić information content (AvgIpc) is 1.63. The summed E-state index contributed by atoms with van der Waals surface area (Å²) in [6.07, 6.45) is 0. The Hall–Kier alpha value is -0.115. The molecule has 11 heavy (non-hydrogen) atoms. The maximum absolute atomic E-state index is 9.10. The number of hydrogen-bond acceptors (Lipinski definition) is 5. The van der Waals surface area contributed by atoms with Gasteiger partial charge in [0.15, 0.2) is 0 Å². The Morgan fingerprint density at radius 1 is 1.09 bits per heavy atom. The number of carboxylic acid groups (broad SMARTS) is 2. The molecule has 0 saturated carbocycles. The fourth-order valence-electron chi connectivity index (χ4n) is 0. The van der Waals surface area contributed by atoms with Crippen molar-refractivity contribution in [2.75, 3.05) is 0 Å². The van der Waals surface area contributed by atoms with Crippen LogP contribution in [-0.4, -0.2) is 39.5 Å². The Kier molecular flexibility index (Phi) is 15.4. The molecule has 58 valence electrons. The molecule has 0 aliphatic carbocycles. The molecule has 0 bridgehead atoms. The molecule has 0 fully saturated rings. The summed E-state index contributed by atoms with van der Waals surface area (Å²) < 4.78 is 0. The fourth-order valence-corrected chi connectivity index (χ4v) is 0. The average molecular weight is 174 g/mol. The van der Waals surface area contributed by atoms with E-state index in [0.717, 1.165) is 0 Å². The molecule has 0 amide bonds. The van der Waals surface area contributed by atoms with Gasteiger partial charge in [0.25, 0.3) is 0 Å². The zero-order chi connectivity index (χ0) is 8.73. The quantitative estimate of drug-likeness (QED) is 0.211. The number of aliphatic carboxylic acids is 2. The topological polar surface area (TPSA) is 138 Å². The Bertz CT molecular complexity index is 109. The molecule has 0 aromatic heterocycles. The van der Waals surface area contributed by atoms with E-state index in [2.05, 4.69) is 0 Å². The van der Waals surface area contributed by atoms with Gasteiger partial charge in [0, 0.05) is 0 Å². The third-order valence-corrected chi connectivity index (χ3v) is 0.183. The van der Waals surface area contributed by atoms with Crippen molar-refractivity contribution in [1.82, 2.24) is 0 Å². The van der Waals surface area contributed by atoms with E-state index in [1.807, 2.05) is 0 Å². The first-order valence-electron chi connectivity index (χ1n) is 1.86. The predicted octanol–water partition coefficient (Wildman–Crippen LogP) is -6.52. The molecule has 0 rings (SSSR count). The minimum atomic E-state index is -2.42. The Balaban J connectivity index is -0.000000114. The van der Waals surface area contributed by atoms with Crippen molar-refractivity contribution in [1.29, 1.82) is 0 Å². The van der Waals surface area contributed by atoms with Gasteiger partial charge in [-0.25, -0.2) is 9.59 Å². The van der Waals surface area contributed by atoms with Gasteiger partial charge in [0.1, 0.15) is 0 Å². The summed E-state index contributed by atoms with van der Waals surface area (Å²) in [5.41, 5.74) is 0. The van der Waals surface area contributed by atoms with Crippen LogP contribution in [-0.2, 0) is 9.59 Å². The van der Waals surface area contributed by atoms with Gasteiger partial charge in [-0.1, -0.05) is 0 Å². The molecular weight excluding hydrogens is 170 g/mol. The summed E-state index contributed by atoms with van der Waals surface area (Å²) >= 11 is 0. The van der Waals surface area contributed by atoms with E-state index in [1.165, 1.54) is 0 Å². The van der Waals surface area contributed by atoms with Gasteiger partial charge in [-0.2, -0.15) is 0 Å². The van der Waals surface area contributed by atoms with Crippen LogP contribution in [0.4, 0.5) is 0 Å². The van der Waals surface area contributed by atoms with Crippen LogP contribution in [0.1, 0.15) is 0 Å². The first-order valence-corrected chi connectivity index (χ1v) is 1.86. The standard InChI is InChI=1S/C2H2O4.BH2O3.Na/c3-1(4)2(5)6;2-1(3)4;/h(H,3,4)(H,5,6);2-3H;/q;-1;+1. The van der Waals surface area contributed by atoms with Gasteiger partial charge in [-0.05, 0) is 0 Å². The Morgan fingerprint density at radius 2 is 1.18 bits per heavy atom. The van der Waals surface area contributed by atoms with Crippen LogP contribution in [0.25, 0.3) is 0 Å². The van der Waals surface area contributed by atoms with Crippen molar-refractivity contribution in [2.24, 2.45) is 0 Å². The van der Waals surface area contributed by atoms with E-state index < -0.39 is 19.3 Å². The number of rotatable bonds is 0. The molecular formula is C2H4BNaO7. The van der Waals surface area contributed by atoms with Crippen molar-refractivity contribution in [3.05, 3.63) is 0 Å². The normalized spacial score (nSPS) is 6.45. The van der Waals surface area contributed by atoms with Crippen LogP contribution in [0.15, 0.2) is 0 Å². The molecule has 0 unspecified atom stereocenters. The van der Waals surface area contributed by atoms with E-state index in [4.69, 9.17) is 34.9 Å². The van der Waals surface area contributed by atoms with Crippen molar-refractivity contribution >= 4 is 19.3 Å². The van der Waals surface area contributed by atoms with Gasteiger partial charge < -0.3 is 25.3 Å². The summed E-state index contributed by atoms with van der Waals surface area (Å²) in [6, 6.07) is 0. The van der Waals surface area contributed by atoms with Crippen LogP contribution in [0.3, 0.4) is 0 Å². The first-order chi connectivity index (χ1) is 4.37. The van der Waals surface area contributed by atoms with Crippen molar-refractivity contribution in [2.45, 2.75) is 0 Å². The van der Waals surface area contributed by atoms with Crippen LogP contribution >= 0.6 is 0 Å². The molecule has 0 saturated heterocycles. The van der Waals surface area contributed by atoms with Gasteiger partial charge >= 0.3 is 48.8 Å². The first kappa shape index (κ1) is 17.1. The van der Waals surface area contributed by atoms with E-state index in [9.17, 15) is 0 Å². The summed E-state index contributed by atoms with van der Waals surface area (Å²) in [4.78, 5) is 18.2. The van der Waals surface area contributed by atoms with Crippen molar-refractivity contribution in [3.8, 4) is 0 Å². The van der Waals surface area contributed by atoms with E-state index in [1.54, 1.807) is 0 Å². The maximum atomic E-state index is 9.10. The molecule has 0 radical (unpaired) electrons. The molecule has 0 aliphatic heterocycles. The van der Waals surface area contributed by atoms with E-state index >= 15 is 0 Å². The second-order valence-electron chi connectivity index (χ2n) is 0.937. The molecule has 4 N–H and O–H groups in total. The van der Waals surface area contributed by atoms with Crippen molar-refractivity contribution in [3.63, 3.8) is 0 Å². The summed E-state index contributed by atoms with van der Waals surface area (Å²) in [5.74, 6) is -3.65. The number of carboxylic acids is 2. The van der Waals surface area contributed by atoms with Crippen LogP contribution in [0.2, 0.25) is 0 Å². The SMILES string of the molecule is O=C(O)C(=O)O.[Na+].[O-]B(O)O. The zero-order valence-corrected chi connectivity index (χ0v) is 7.59. The number of carbonyl (C=O) groups is 2. The fraction of sp³-hybridized carbons (Fsp3) is 0. The van der Waals surface area contributed by atoms with Gasteiger partial charge in [0.2, 0.25) is 0 Å².